The van der Waals surface area contributed by atoms with Crippen molar-refractivity contribution < 1.29 is 19.4 Å². The number of H-pyrrole nitrogens is 2. The van der Waals surface area contributed by atoms with Gasteiger partial charge in [-0.1, -0.05) is 0 Å². The van der Waals surface area contributed by atoms with Gasteiger partial charge in [-0.05, 0) is 26.0 Å². The van der Waals surface area contributed by atoms with Crippen LogP contribution in [0, 0.1) is 34.1 Å². The molecule has 0 spiro atoms. The Hall–Kier alpha value is -4.80. The van der Waals surface area contributed by atoms with Crippen LogP contribution in [-0.2, 0) is 9.59 Å². The van der Waals surface area contributed by atoms with Gasteiger partial charge in [-0.25, -0.2) is 0 Å². The number of fused-ring (bicyclic) bond motifs is 2. The largest absolute Gasteiger partial charge is 0.358 e. The summed E-state index contributed by atoms with van der Waals surface area (Å²) in [6.45, 7) is 3.43. The van der Waals surface area contributed by atoms with Gasteiger partial charge in [0.05, 0.1) is 32.0 Å². The van der Waals surface area contributed by atoms with E-state index in [9.17, 15) is 29.8 Å². The highest BCUT2D eigenvalue weighted by molar-refractivity contribution is 6.51. The van der Waals surface area contributed by atoms with Crippen molar-refractivity contribution in [3.05, 3.63) is 79.1 Å². The molecule has 11 heteroatoms. The van der Waals surface area contributed by atoms with Crippen molar-refractivity contribution in [2.75, 3.05) is 0 Å². The van der Waals surface area contributed by atoms with Gasteiger partial charge in [-0.15, -0.1) is 0 Å². The van der Waals surface area contributed by atoms with Crippen LogP contribution in [0.4, 0.5) is 11.4 Å². The van der Waals surface area contributed by atoms with Crippen molar-refractivity contribution in [3.63, 3.8) is 0 Å². The topological polar surface area (TPSA) is 164 Å². The molecule has 3 N–H and O–H groups in total. The number of hydrogen-bond donors (Lipinski definition) is 3. The monoisotopic (exact) mass is 445 g/mol. The maximum atomic E-state index is 12.9. The van der Waals surface area contributed by atoms with Crippen LogP contribution in [0.25, 0.3) is 33.0 Å². The number of hydrogen-bond acceptors (Lipinski definition) is 6. The average molecular weight is 445 g/mol. The van der Waals surface area contributed by atoms with Crippen LogP contribution < -0.4 is 5.32 Å². The molecule has 5 rings (SSSR count). The van der Waals surface area contributed by atoms with E-state index in [1.807, 2.05) is 0 Å². The van der Waals surface area contributed by atoms with E-state index in [0.717, 1.165) is 0 Å². The molecule has 1 aliphatic heterocycles. The maximum Gasteiger partial charge on any atom is 0.271 e. The first-order valence-electron chi connectivity index (χ1n) is 9.81. The van der Waals surface area contributed by atoms with Crippen LogP contribution in [0.2, 0.25) is 0 Å². The molecule has 0 saturated heterocycles. The summed E-state index contributed by atoms with van der Waals surface area (Å²) in [4.78, 5) is 53.3. The zero-order valence-electron chi connectivity index (χ0n) is 17.3. The lowest BCUT2D eigenvalue weighted by Gasteiger charge is -2.06. The van der Waals surface area contributed by atoms with Crippen LogP contribution >= 0.6 is 0 Å². The van der Waals surface area contributed by atoms with Crippen molar-refractivity contribution >= 4 is 56.1 Å². The van der Waals surface area contributed by atoms with E-state index in [1.54, 1.807) is 26.0 Å². The number of imide groups is 1. The second kappa shape index (κ2) is 6.85. The molecule has 0 aliphatic carbocycles. The van der Waals surface area contributed by atoms with Crippen molar-refractivity contribution in [2.24, 2.45) is 0 Å². The quantitative estimate of drug-likeness (QED) is 0.246. The molecule has 0 saturated carbocycles. The molecule has 164 valence electrons. The Bertz CT molecular complexity index is 1490. The fraction of sp³-hybridized carbons (Fsp3) is 0.0909. The molecule has 11 nitrogen and oxygen atoms in total. The van der Waals surface area contributed by atoms with Gasteiger partial charge in [0.15, 0.2) is 0 Å². The fourth-order valence-corrected chi connectivity index (χ4v) is 4.44. The van der Waals surface area contributed by atoms with Crippen molar-refractivity contribution in [1.82, 2.24) is 15.3 Å². The van der Waals surface area contributed by atoms with Gasteiger partial charge in [-0.3, -0.25) is 35.1 Å². The van der Waals surface area contributed by atoms with E-state index >= 15 is 0 Å². The molecular weight excluding hydrogens is 430 g/mol. The van der Waals surface area contributed by atoms with Crippen molar-refractivity contribution in [1.29, 1.82) is 0 Å². The number of amides is 2. The number of nitro groups is 2. The van der Waals surface area contributed by atoms with E-state index in [0.29, 0.717) is 44.3 Å². The van der Waals surface area contributed by atoms with Gasteiger partial charge in [0.25, 0.3) is 23.2 Å². The number of rotatable bonds is 4. The SMILES string of the molecule is Cc1[nH]c2cc([N+](=O)[O-])ccc2c1C1=C(c2c(C)[nH]c3cc([N+](=O)[O-])ccc23)C(=O)NC1=O. The Kier molecular flexibility index (Phi) is 4.18. The molecule has 0 radical (unpaired) electrons. The van der Waals surface area contributed by atoms with Crippen molar-refractivity contribution in [2.45, 2.75) is 13.8 Å². The standard InChI is InChI=1S/C22H15N5O6/c1-9-17(13-5-3-11(26(30)31)7-15(13)23-9)19-20(22(29)25-21(19)28)18-10(2)24-16-8-12(27(32)33)4-6-14(16)18/h3-8,23-24H,1-2H3,(H,25,28,29). The third-order valence-corrected chi connectivity index (χ3v) is 5.79. The van der Waals surface area contributed by atoms with E-state index in [2.05, 4.69) is 15.3 Å². The third-order valence-electron chi connectivity index (χ3n) is 5.79. The predicted molar refractivity (Wildman–Crippen MR) is 119 cm³/mol. The number of carbonyl (C=O) groups excluding carboxylic acids is 2. The lowest BCUT2D eigenvalue weighted by atomic mass is 9.92. The highest BCUT2D eigenvalue weighted by atomic mass is 16.6. The first-order valence-corrected chi connectivity index (χ1v) is 9.81. The highest BCUT2D eigenvalue weighted by Gasteiger charge is 2.36. The van der Waals surface area contributed by atoms with Crippen LogP contribution in [0.1, 0.15) is 22.5 Å². The number of nitrogens with one attached hydrogen (secondary N) is 3. The first kappa shape index (κ1) is 20.1. The molecule has 3 heterocycles. The summed E-state index contributed by atoms with van der Waals surface area (Å²) in [7, 11) is 0. The molecular formula is C22H15N5O6. The number of benzene rings is 2. The van der Waals surface area contributed by atoms with E-state index in [1.165, 1.54) is 24.3 Å². The minimum Gasteiger partial charge on any atom is -0.358 e. The molecule has 2 aromatic heterocycles. The number of non-ortho nitro benzene ring substituents is 2. The fourth-order valence-electron chi connectivity index (χ4n) is 4.44. The average Bonchev–Trinajstić information content (AvgIpc) is 3.34. The number of nitro benzene ring substituents is 2. The van der Waals surface area contributed by atoms with Crippen LogP contribution in [-0.4, -0.2) is 31.6 Å². The first-order chi connectivity index (χ1) is 15.7. The van der Waals surface area contributed by atoms with Crippen molar-refractivity contribution in [3.8, 4) is 0 Å². The Morgan fingerprint density at radius 2 is 1.09 bits per heavy atom. The molecule has 0 unspecified atom stereocenters. The van der Waals surface area contributed by atoms with Crippen LogP contribution in [0.15, 0.2) is 36.4 Å². The van der Waals surface area contributed by atoms with Crippen LogP contribution in [0.3, 0.4) is 0 Å². The summed E-state index contributed by atoms with van der Waals surface area (Å²) in [5.74, 6) is -1.18. The predicted octanol–water partition coefficient (Wildman–Crippen LogP) is 3.65. The summed E-state index contributed by atoms with van der Waals surface area (Å²) < 4.78 is 0. The number of nitrogens with zero attached hydrogens (tertiary/aromatic N) is 2. The van der Waals surface area contributed by atoms with Gasteiger partial charge in [0.2, 0.25) is 0 Å². The second-order valence-electron chi connectivity index (χ2n) is 7.76. The minimum absolute atomic E-state index is 0.106. The summed E-state index contributed by atoms with van der Waals surface area (Å²) in [5.41, 5.74) is 3.05. The Balaban J connectivity index is 1.82. The molecule has 2 amide bonds. The number of carbonyl (C=O) groups is 2. The van der Waals surface area contributed by atoms with Gasteiger partial charge < -0.3 is 9.97 Å². The summed E-state index contributed by atoms with van der Waals surface area (Å²) in [6.07, 6.45) is 0. The third kappa shape index (κ3) is 2.90. The highest BCUT2D eigenvalue weighted by Crippen LogP contribution is 2.41. The molecule has 0 atom stereocenters. The summed E-state index contributed by atoms with van der Waals surface area (Å²) in [5, 5.41) is 25.8. The Morgan fingerprint density at radius 1 is 0.697 bits per heavy atom. The minimum atomic E-state index is -0.590. The van der Waals surface area contributed by atoms with Crippen LogP contribution in [0.5, 0.6) is 0 Å². The molecule has 1 aliphatic rings. The lowest BCUT2D eigenvalue weighted by Crippen LogP contribution is -2.22. The van der Waals surface area contributed by atoms with Gasteiger partial charge in [0, 0.05) is 57.6 Å². The summed E-state index contributed by atoms with van der Waals surface area (Å²) >= 11 is 0. The normalized spacial score (nSPS) is 13.9. The number of aromatic nitrogens is 2. The van der Waals surface area contributed by atoms with E-state index in [4.69, 9.17) is 0 Å². The smallest absolute Gasteiger partial charge is 0.271 e. The molecule has 33 heavy (non-hydrogen) atoms. The lowest BCUT2D eigenvalue weighted by molar-refractivity contribution is -0.384. The molecule has 4 aromatic rings. The van der Waals surface area contributed by atoms with Gasteiger partial charge in [0.1, 0.15) is 0 Å². The maximum absolute atomic E-state index is 12.9. The Morgan fingerprint density at radius 3 is 1.45 bits per heavy atom. The number of aryl methyl sites for hydroxylation is 2. The van der Waals surface area contributed by atoms with Gasteiger partial charge >= 0.3 is 0 Å². The van der Waals surface area contributed by atoms with E-state index < -0.39 is 21.7 Å². The summed E-state index contributed by atoms with van der Waals surface area (Å²) in [6, 6.07) is 8.50. The van der Waals surface area contributed by atoms with E-state index in [-0.39, 0.29) is 22.5 Å². The molecule has 0 fully saturated rings. The number of aromatic amines is 2. The molecule has 2 aromatic carbocycles. The zero-order valence-corrected chi connectivity index (χ0v) is 17.3. The molecule has 0 bridgehead atoms. The Labute approximate surface area is 184 Å². The second-order valence-corrected chi connectivity index (χ2v) is 7.76. The zero-order chi connectivity index (χ0) is 23.6. The van der Waals surface area contributed by atoms with Gasteiger partial charge in [-0.2, -0.15) is 0 Å².